The van der Waals surface area contributed by atoms with Crippen LogP contribution in [0.25, 0.3) is 11.1 Å². The quantitative estimate of drug-likeness (QED) is 0.484. The minimum Gasteiger partial charge on any atom is -0.441 e. The van der Waals surface area contributed by atoms with Gasteiger partial charge < -0.3 is 26.8 Å². The number of primary amides is 2. The number of anilines is 2. The number of hydrogen-bond donors (Lipinski definition) is 3. The highest BCUT2D eigenvalue weighted by Gasteiger charge is 2.50. The Kier molecular flexibility index (Phi) is 5.91. The van der Waals surface area contributed by atoms with Crippen molar-refractivity contribution in [2.45, 2.75) is 32.3 Å². The first kappa shape index (κ1) is 23.8. The van der Waals surface area contributed by atoms with Crippen LogP contribution in [0, 0.1) is 12.3 Å². The molecule has 2 aliphatic rings. The van der Waals surface area contributed by atoms with Crippen LogP contribution in [0.3, 0.4) is 0 Å². The average Bonchev–Trinajstić information content (AvgIpc) is 3.13. The molecule has 1 saturated heterocycles. The Balaban J connectivity index is 1.45. The van der Waals surface area contributed by atoms with E-state index in [1.54, 1.807) is 13.0 Å². The molecule has 0 saturated carbocycles. The first-order valence-corrected chi connectivity index (χ1v) is 12.0. The molecule has 0 radical (unpaired) electrons. The smallest absolute Gasteiger partial charge is 0.405 e. The largest absolute Gasteiger partial charge is 0.441 e. The second-order valence-corrected chi connectivity index (χ2v) is 9.67. The number of halogens is 1. The number of carbonyl (C=O) groups excluding carboxylic acids is 2. The summed E-state index contributed by atoms with van der Waals surface area (Å²) in [5.74, 6) is -0.154. The average molecular weight is 508 g/mol. The Labute approximate surface area is 212 Å². The van der Waals surface area contributed by atoms with Crippen molar-refractivity contribution >= 4 is 35.4 Å². The number of aryl methyl sites for hydroxylation is 1. The Morgan fingerprint density at radius 3 is 2.56 bits per heavy atom. The predicted octanol–water partition coefficient (Wildman–Crippen LogP) is 3.16. The van der Waals surface area contributed by atoms with Crippen molar-refractivity contribution in [2.75, 3.05) is 23.7 Å². The summed E-state index contributed by atoms with van der Waals surface area (Å²) < 4.78 is 5.63. The molecular weight excluding hydrogens is 482 g/mol. The van der Waals surface area contributed by atoms with Gasteiger partial charge >= 0.3 is 6.09 Å². The SMILES string of the molecule is Cc1nc(N2CCC3(CC2)Cc2ccccc2[C@H]3OC(N)=O)nc(C(N)=O)c1-c1ccnc(N)c1Cl. The van der Waals surface area contributed by atoms with Gasteiger partial charge in [-0.15, -0.1) is 0 Å². The van der Waals surface area contributed by atoms with Gasteiger partial charge in [-0.2, -0.15) is 0 Å². The van der Waals surface area contributed by atoms with Gasteiger partial charge in [0.05, 0.1) is 10.7 Å². The Hall–Kier alpha value is -3.92. The third-order valence-electron chi connectivity index (χ3n) is 7.21. The van der Waals surface area contributed by atoms with Crippen LogP contribution in [0.2, 0.25) is 5.02 Å². The molecule has 1 atom stereocenters. The molecule has 0 bridgehead atoms. The van der Waals surface area contributed by atoms with Crippen LogP contribution >= 0.6 is 11.6 Å². The van der Waals surface area contributed by atoms with Crippen LogP contribution in [0.15, 0.2) is 36.5 Å². The number of ether oxygens (including phenoxy) is 1. The number of nitrogen functional groups attached to an aromatic ring is 1. The third kappa shape index (κ3) is 3.97. The molecule has 6 N–H and O–H groups in total. The summed E-state index contributed by atoms with van der Waals surface area (Å²) in [4.78, 5) is 39.4. The fourth-order valence-corrected chi connectivity index (χ4v) is 5.71. The molecular formula is C25H26ClN7O3. The zero-order valence-corrected chi connectivity index (χ0v) is 20.5. The van der Waals surface area contributed by atoms with E-state index in [4.69, 9.17) is 38.5 Å². The summed E-state index contributed by atoms with van der Waals surface area (Å²) in [7, 11) is 0. The number of hydrogen-bond acceptors (Lipinski definition) is 8. The first-order chi connectivity index (χ1) is 17.2. The van der Waals surface area contributed by atoms with Gasteiger partial charge in [0.15, 0.2) is 0 Å². The summed E-state index contributed by atoms with van der Waals surface area (Å²) in [6.07, 6.45) is 2.56. The molecule has 11 heteroatoms. The lowest BCUT2D eigenvalue weighted by Crippen LogP contribution is -2.44. The van der Waals surface area contributed by atoms with Crippen molar-refractivity contribution in [1.82, 2.24) is 15.0 Å². The summed E-state index contributed by atoms with van der Waals surface area (Å²) in [6.45, 7) is 2.98. The van der Waals surface area contributed by atoms with Crippen LogP contribution in [0.5, 0.6) is 0 Å². The van der Waals surface area contributed by atoms with Crippen LogP contribution in [0.4, 0.5) is 16.6 Å². The van der Waals surface area contributed by atoms with Crippen molar-refractivity contribution in [2.24, 2.45) is 16.9 Å². The van der Waals surface area contributed by atoms with Crippen LogP contribution < -0.4 is 22.1 Å². The number of fused-ring (bicyclic) bond motifs is 1. The van der Waals surface area contributed by atoms with Gasteiger partial charge in [0.25, 0.3) is 5.91 Å². The molecule has 36 heavy (non-hydrogen) atoms. The molecule has 3 heterocycles. The standard InChI is InChI=1S/C25H26ClN7O3/c1-13-17(16-6-9-30-21(27)18(16)26)19(22(28)34)32-24(31-13)33-10-7-25(8-11-33)12-14-4-2-3-5-15(14)20(25)36-23(29)35/h2-6,9,20H,7-8,10-12H2,1H3,(H2,27,30)(H2,28,34)(H2,29,35)/t20-/m1/s1. The minimum atomic E-state index is -0.783. The number of nitrogens with two attached hydrogens (primary N) is 3. The monoisotopic (exact) mass is 507 g/mol. The number of carbonyl (C=O) groups is 2. The van der Waals surface area contributed by atoms with E-state index in [2.05, 4.69) is 16.0 Å². The molecule has 2 aromatic heterocycles. The number of rotatable bonds is 4. The molecule has 10 nitrogen and oxygen atoms in total. The van der Waals surface area contributed by atoms with E-state index >= 15 is 0 Å². The summed E-state index contributed by atoms with van der Waals surface area (Å²) in [5.41, 5.74) is 20.4. The van der Waals surface area contributed by atoms with E-state index in [9.17, 15) is 9.59 Å². The number of piperidine rings is 1. The topological polar surface area (TPSA) is 163 Å². The van der Waals surface area contributed by atoms with Gasteiger partial charge in [0.1, 0.15) is 17.6 Å². The van der Waals surface area contributed by atoms with Crippen LogP contribution in [-0.2, 0) is 11.2 Å². The zero-order valence-electron chi connectivity index (χ0n) is 19.7. The molecule has 1 fully saturated rings. The van der Waals surface area contributed by atoms with E-state index in [1.165, 1.54) is 6.20 Å². The molecule has 186 valence electrons. The Bertz CT molecular complexity index is 1370. The van der Waals surface area contributed by atoms with Crippen molar-refractivity contribution < 1.29 is 14.3 Å². The first-order valence-electron chi connectivity index (χ1n) is 11.6. The third-order valence-corrected chi connectivity index (χ3v) is 7.61. The molecule has 1 aliphatic carbocycles. The lowest BCUT2D eigenvalue weighted by molar-refractivity contribution is 0.00409. The molecule has 1 aromatic carbocycles. The number of benzene rings is 1. The van der Waals surface area contributed by atoms with Crippen LogP contribution in [-0.4, -0.2) is 40.0 Å². The highest BCUT2D eigenvalue weighted by Crippen LogP contribution is 2.54. The van der Waals surface area contributed by atoms with E-state index in [-0.39, 0.29) is 21.9 Å². The van der Waals surface area contributed by atoms with Gasteiger partial charge in [-0.25, -0.2) is 19.7 Å². The molecule has 5 rings (SSSR count). The lowest BCUT2D eigenvalue weighted by Gasteiger charge is -2.42. The Morgan fingerprint density at radius 2 is 1.86 bits per heavy atom. The lowest BCUT2D eigenvalue weighted by atomic mass is 9.74. The molecule has 0 unspecified atom stereocenters. The van der Waals surface area contributed by atoms with Crippen LogP contribution in [0.1, 0.15) is 46.3 Å². The van der Waals surface area contributed by atoms with Crippen molar-refractivity contribution in [1.29, 1.82) is 0 Å². The fraction of sp³-hybridized carbons (Fsp3) is 0.320. The summed E-state index contributed by atoms with van der Waals surface area (Å²) in [6, 6.07) is 9.63. The maximum atomic E-state index is 12.4. The van der Waals surface area contributed by atoms with E-state index in [1.807, 2.05) is 23.1 Å². The number of amides is 2. The molecule has 1 aliphatic heterocycles. The number of aromatic nitrogens is 3. The highest BCUT2D eigenvalue weighted by atomic mass is 35.5. The summed E-state index contributed by atoms with van der Waals surface area (Å²) >= 11 is 6.37. The maximum Gasteiger partial charge on any atom is 0.405 e. The van der Waals surface area contributed by atoms with Crippen molar-refractivity contribution in [3.8, 4) is 11.1 Å². The van der Waals surface area contributed by atoms with E-state index in [0.717, 1.165) is 30.4 Å². The minimum absolute atomic E-state index is 0.0634. The van der Waals surface area contributed by atoms with Gasteiger partial charge in [0, 0.05) is 35.8 Å². The highest BCUT2D eigenvalue weighted by molar-refractivity contribution is 6.35. The number of pyridine rings is 1. The predicted molar refractivity (Wildman–Crippen MR) is 135 cm³/mol. The molecule has 1 spiro atoms. The van der Waals surface area contributed by atoms with E-state index < -0.39 is 18.1 Å². The second kappa shape index (κ2) is 8.94. The maximum absolute atomic E-state index is 12.4. The number of nitrogens with zero attached hydrogens (tertiary/aromatic N) is 4. The fourth-order valence-electron chi connectivity index (χ4n) is 5.50. The normalized spacial score (nSPS) is 18.2. The second-order valence-electron chi connectivity index (χ2n) is 9.30. The van der Waals surface area contributed by atoms with Gasteiger partial charge in [-0.3, -0.25) is 4.79 Å². The van der Waals surface area contributed by atoms with Crippen molar-refractivity contribution in [3.63, 3.8) is 0 Å². The van der Waals surface area contributed by atoms with Gasteiger partial charge in [-0.1, -0.05) is 35.9 Å². The zero-order chi connectivity index (χ0) is 25.6. The molecule has 3 aromatic rings. The Morgan fingerprint density at radius 1 is 1.14 bits per heavy atom. The molecule has 2 amide bonds. The van der Waals surface area contributed by atoms with E-state index in [0.29, 0.717) is 35.9 Å². The van der Waals surface area contributed by atoms with Crippen molar-refractivity contribution in [3.05, 3.63) is 64.1 Å². The van der Waals surface area contributed by atoms with Gasteiger partial charge in [0.2, 0.25) is 5.95 Å². The van der Waals surface area contributed by atoms with Gasteiger partial charge in [-0.05, 0) is 43.4 Å². The summed E-state index contributed by atoms with van der Waals surface area (Å²) in [5, 5.41) is 0.209.